The second kappa shape index (κ2) is 4.16. The zero-order chi connectivity index (χ0) is 15.6. The molecule has 0 aromatic heterocycles. The highest BCUT2D eigenvalue weighted by molar-refractivity contribution is 5.91. The number of benzene rings is 1. The molecule has 1 saturated heterocycles. The van der Waals surface area contributed by atoms with Crippen molar-refractivity contribution in [2.24, 2.45) is 0 Å². The maximum Gasteiger partial charge on any atom is 0.340 e. The Morgan fingerprint density at radius 3 is 2.52 bits per heavy atom. The minimum atomic E-state index is -3.63. The normalized spacial score (nSPS) is 30.6. The Bertz CT molecular complexity index is 605. The Labute approximate surface area is 122 Å². The van der Waals surface area contributed by atoms with Crippen LogP contribution in [0.15, 0.2) is 24.3 Å². The van der Waals surface area contributed by atoms with E-state index in [1.54, 1.807) is 45.2 Å². The lowest BCUT2D eigenvalue weighted by Gasteiger charge is -2.33. The van der Waals surface area contributed by atoms with Crippen LogP contribution in [-0.4, -0.2) is 47.7 Å². The summed E-state index contributed by atoms with van der Waals surface area (Å²) in [6, 6.07) is 6.31. The first-order valence-corrected chi connectivity index (χ1v) is 6.94. The van der Waals surface area contributed by atoms with Crippen molar-refractivity contribution in [3.63, 3.8) is 0 Å². The highest BCUT2D eigenvalue weighted by Gasteiger charge is 2.74. The molecule has 1 fully saturated rings. The number of aliphatic hydroxyl groups excluding tert-OH is 1. The summed E-state index contributed by atoms with van der Waals surface area (Å²) in [7, 11) is 1.57. The Kier molecular flexibility index (Phi) is 2.82. The first-order chi connectivity index (χ1) is 9.75. The van der Waals surface area contributed by atoms with Crippen LogP contribution in [0.5, 0.6) is 0 Å². The standard InChI is InChI=1S/C15H18F2N2O2/c1-9(2)19-8-14(15(16,17)13(19)21)10-6-4-5-7-11(10)18(3)12(14)20/h4-7,9,12,20H,8H2,1-3H3. The molecule has 1 aromatic carbocycles. The molecule has 1 spiro atoms. The number of anilines is 1. The van der Waals surface area contributed by atoms with E-state index in [1.807, 2.05) is 0 Å². The first-order valence-electron chi connectivity index (χ1n) is 6.94. The van der Waals surface area contributed by atoms with Crippen molar-refractivity contribution in [1.82, 2.24) is 4.90 Å². The van der Waals surface area contributed by atoms with Crippen LogP contribution < -0.4 is 4.90 Å². The molecule has 1 aromatic rings. The quantitative estimate of drug-likeness (QED) is 0.855. The molecule has 2 heterocycles. The molecule has 114 valence electrons. The third kappa shape index (κ3) is 1.48. The van der Waals surface area contributed by atoms with Crippen LogP contribution in [0.4, 0.5) is 14.5 Å². The first kappa shape index (κ1) is 14.3. The average molecular weight is 296 g/mol. The van der Waals surface area contributed by atoms with Crippen LogP contribution in [-0.2, 0) is 10.2 Å². The van der Waals surface area contributed by atoms with Crippen molar-refractivity contribution < 1.29 is 18.7 Å². The fourth-order valence-corrected chi connectivity index (χ4v) is 3.49. The lowest BCUT2D eigenvalue weighted by atomic mass is 9.77. The highest BCUT2D eigenvalue weighted by atomic mass is 19.3. The molecule has 1 N–H and O–H groups in total. The van der Waals surface area contributed by atoms with Gasteiger partial charge >= 0.3 is 5.92 Å². The smallest absolute Gasteiger partial charge is 0.340 e. The molecule has 21 heavy (non-hydrogen) atoms. The minimum Gasteiger partial charge on any atom is -0.372 e. The van der Waals surface area contributed by atoms with Crippen LogP contribution >= 0.6 is 0 Å². The fraction of sp³-hybridized carbons (Fsp3) is 0.533. The number of fused-ring (bicyclic) bond motifs is 2. The lowest BCUT2D eigenvalue weighted by Crippen LogP contribution is -2.55. The zero-order valence-electron chi connectivity index (χ0n) is 12.2. The van der Waals surface area contributed by atoms with Crippen LogP contribution in [0.2, 0.25) is 0 Å². The molecule has 1 amide bonds. The predicted molar refractivity (Wildman–Crippen MR) is 74.3 cm³/mol. The van der Waals surface area contributed by atoms with Gasteiger partial charge in [0.1, 0.15) is 11.6 Å². The van der Waals surface area contributed by atoms with Gasteiger partial charge in [-0.25, -0.2) is 0 Å². The molecule has 2 atom stereocenters. The van der Waals surface area contributed by atoms with Gasteiger partial charge in [0, 0.05) is 25.3 Å². The number of hydrogen-bond acceptors (Lipinski definition) is 3. The minimum absolute atomic E-state index is 0.182. The number of likely N-dealkylation sites (tertiary alicyclic amines) is 1. The monoisotopic (exact) mass is 296 g/mol. The second-order valence-electron chi connectivity index (χ2n) is 6.07. The molecule has 4 nitrogen and oxygen atoms in total. The molecule has 0 aliphatic carbocycles. The number of carbonyl (C=O) groups is 1. The lowest BCUT2D eigenvalue weighted by molar-refractivity contribution is -0.158. The van der Waals surface area contributed by atoms with Crippen molar-refractivity contribution in [2.45, 2.75) is 37.5 Å². The van der Waals surface area contributed by atoms with Crippen molar-refractivity contribution in [1.29, 1.82) is 0 Å². The van der Waals surface area contributed by atoms with Gasteiger partial charge in [0.2, 0.25) is 0 Å². The Morgan fingerprint density at radius 2 is 1.95 bits per heavy atom. The maximum atomic E-state index is 14.8. The summed E-state index contributed by atoms with van der Waals surface area (Å²) < 4.78 is 29.7. The van der Waals surface area contributed by atoms with Gasteiger partial charge in [-0.1, -0.05) is 18.2 Å². The summed E-state index contributed by atoms with van der Waals surface area (Å²) >= 11 is 0. The van der Waals surface area contributed by atoms with E-state index < -0.39 is 23.5 Å². The number of rotatable bonds is 1. The summed E-state index contributed by atoms with van der Waals surface area (Å²) in [5.41, 5.74) is -1.02. The van der Waals surface area contributed by atoms with Crippen molar-refractivity contribution in [2.75, 3.05) is 18.5 Å². The number of amides is 1. The molecule has 3 rings (SSSR count). The number of alkyl halides is 2. The molecule has 0 radical (unpaired) electrons. The van der Waals surface area contributed by atoms with E-state index in [-0.39, 0.29) is 12.6 Å². The van der Waals surface area contributed by atoms with E-state index in [1.165, 1.54) is 4.90 Å². The van der Waals surface area contributed by atoms with E-state index >= 15 is 0 Å². The zero-order valence-corrected chi connectivity index (χ0v) is 12.2. The predicted octanol–water partition coefficient (Wildman–Crippen LogP) is 1.58. The molecule has 0 saturated carbocycles. The average Bonchev–Trinajstić information content (AvgIpc) is 2.79. The van der Waals surface area contributed by atoms with Crippen molar-refractivity contribution in [3.8, 4) is 0 Å². The maximum absolute atomic E-state index is 14.8. The summed E-state index contributed by atoms with van der Waals surface area (Å²) in [6.45, 7) is 3.22. The number of aliphatic hydroxyl groups is 1. The topological polar surface area (TPSA) is 43.8 Å². The van der Waals surface area contributed by atoms with Crippen LogP contribution in [0.3, 0.4) is 0 Å². The third-order valence-electron chi connectivity index (χ3n) is 4.71. The Hall–Kier alpha value is -1.69. The van der Waals surface area contributed by atoms with Gasteiger partial charge < -0.3 is 14.9 Å². The van der Waals surface area contributed by atoms with Gasteiger partial charge in [-0.3, -0.25) is 4.79 Å². The number of para-hydroxylation sites is 1. The van der Waals surface area contributed by atoms with Gasteiger partial charge in [0.15, 0.2) is 0 Å². The van der Waals surface area contributed by atoms with Gasteiger partial charge in [0.25, 0.3) is 5.91 Å². The van der Waals surface area contributed by atoms with E-state index in [9.17, 15) is 18.7 Å². The number of halogens is 2. The molecular formula is C15H18F2N2O2. The summed E-state index contributed by atoms with van der Waals surface area (Å²) in [5, 5.41) is 10.5. The SMILES string of the molecule is CC(C)N1CC2(c3ccccc3N(C)C2O)C(F)(F)C1=O. The molecule has 2 unspecified atom stereocenters. The number of carbonyl (C=O) groups excluding carboxylic acids is 1. The number of nitrogens with zero attached hydrogens (tertiary/aromatic N) is 2. The largest absolute Gasteiger partial charge is 0.372 e. The molecular weight excluding hydrogens is 278 g/mol. The molecule has 2 aliphatic heterocycles. The Morgan fingerprint density at radius 1 is 1.33 bits per heavy atom. The van der Waals surface area contributed by atoms with Gasteiger partial charge in [-0.15, -0.1) is 0 Å². The molecule has 0 bridgehead atoms. The summed E-state index contributed by atoms with van der Waals surface area (Å²) in [6.07, 6.45) is -1.43. The van der Waals surface area contributed by atoms with E-state index in [2.05, 4.69) is 0 Å². The Balaban J connectivity index is 2.23. The van der Waals surface area contributed by atoms with Crippen LogP contribution in [0.25, 0.3) is 0 Å². The van der Waals surface area contributed by atoms with Crippen LogP contribution in [0.1, 0.15) is 19.4 Å². The van der Waals surface area contributed by atoms with E-state index in [4.69, 9.17) is 0 Å². The van der Waals surface area contributed by atoms with Gasteiger partial charge in [-0.05, 0) is 25.5 Å². The van der Waals surface area contributed by atoms with Crippen molar-refractivity contribution in [3.05, 3.63) is 29.8 Å². The van der Waals surface area contributed by atoms with Crippen LogP contribution in [0, 0.1) is 0 Å². The van der Waals surface area contributed by atoms with Gasteiger partial charge in [0.05, 0.1) is 0 Å². The molecule has 2 aliphatic rings. The highest BCUT2D eigenvalue weighted by Crippen LogP contribution is 2.56. The fourth-order valence-electron chi connectivity index (χ4n) is 3.49. The third-order valence-corrected chi connectivity index (χ3v) is 4.71. The second-order valence-corrected chi connectivity index (χ2v) is 6.07. The van der Waals surface area contributed by atoms with E-state index in [0.717, 1.165) is 4.90 Å². The summed E-state index contributed by atoms with van der Waals surface area (Å²) in [4.78, 5) is 14.7. The number of hydrogen-bond donors (Lipinski definition) is 1. The number of likely N-dealkylation sites (N-methyl/N-ethyl adjacent to an activating group) is 1. The molecule has 6 heteroatoms. The summed E-state index contributed by atoms with van der Waals surface area (Å²) in [5.74, 6) is -4.83. The van der Waals surface area contributed by atoms with E-state index in [0.29, 0.717) is 11.3 Å². The van der Waals surface area contributed by atoms with Crippen molar-refractivity contribution >= 4 is 11.6 Å². The van der Waals surface area contributed by atoms with Gasteiger partial charge in [-0.2, -0.15) is 8.78 Å².